The largest absolute Gasteiger partial charge is 0.304 e. The molecule has 0 amide bonds. The van der Waals surface area contributed by atoms with Crippen LogP contribution in [-0.2, 0) is 0 Å². The first-order valence-corrected chi connectivity index (χ1v) is 8.94. The molecule has 4 aromatic rings. The van der Waals surface area contributed by atoms with Crippen molar-refractivity contribution in [1.82, 2.24) is 19.5 Å². The minimum Gasteiger partial charge on any atom is -0.304 e. The molecule has 0 bridgehead atoms. The van der Waals surface area contributed by atoms with Gasteiger partial charge in [-0.3, -0.25) is 0 Å². The van der Waals surface area contributed by atoms with Crippen LogP contribution in [0.3, 0.4) is 0 Å². The van der Waals surface area contributed by atoms with Gasteiger partial charge in [-0.1, -0.05) is 42.3 Å². The van der Waals surface area contributed by atoms with E-state index in [0.29, 0.717) is 15.7 Å². The Bertz CT molecular complexity index is 1090. The van der Waals surface area contributed by atoms with E-state index in [1.54, 1.807) is 6.07 Å². The van der Waals surface area contributed by atoms with E-state index in [9.17, 15) is 0 Å². The average molecular weight is 371 g/mol. The number of benzene rings is 2. The van der Waals surface area contributed by atoms with Crippen LogP contribution in [-0.4, -0.2) is 19.5 Å². The molecular weight excluding hydrogens is 355 g/mol. The summed E-state index contributed by atoms with van der Waals surface area (Å²) in [6.07, 6.45) is 0.943. The number of halogens is 2. The summed E-state index contributed by atoms with van der Waals surface area (Å²) in [5, 5.41) is 1.17. The molecule has 0 aliphatic heterocycles. The number of imidazole rings is 1. The third-order valence-electron chi connectivity index (χ3n) is 4.41. The van der Waals surface area contributed by atoms with Gasteiger partial charge in [-0.05, 0) is 43.7 Å². The second-order valence-corrected chi connectivity index (χ2v) is 6.89. The highest BCUT2D eigenvalue weighted by atomic mass is 35.5. The van der Waals surface area contributed by atoms with Crippen molar-refractivity contribution in [2.45, 2.75) is 26.3 Å². The van der Waals surface area contributed by atoms with Crippen LogP contribution in [0.25, 0.3) is 33.7 Å². The number of fused-ring (bicyclic) bond motifs is 2. The zero-order valence-electron chi connectivity index (χ0n) is 13.9. The van der Waals surface area contributed by atoms with E-state index in [1.165, 1.54) is 0 Å². The van der Waals surface area contributed by atoms with Crippen molar-refractivity contribution in [3.8, 4) is 11.4 Å². The smallest absolute Gasteiger partial charge is 0.198 e. The highest BCUT2D eigenvalue weighted by molar-refractivity contribution is 6.36. The Morgan fingerprint density at radius 2 is 1.72 bits per heavy atom. The summed E-state index contributed by atoms with van der Waals surface area (Å²) in [4.78, 5) is 14.2. The zero-order chi connectivity index (χ0) is 17.6. The van der Waals surface area contributed by atoms with E-state index in [4.69, 9.17) is 33.2 Å². The van der Waals surface area contributed by atoms with Gasteiger partial charge >= 0.3 is 0 Å². The molecule has 1 unspecified atom stereocenters. The van der Waals surface area contributed by atoms with Gasteiger partial charge in [-0.2, -0.15) is 0 Å². The molecular formula is C19H16Cl2N4. The number of hydrogen-bond acceptors (Lipinski definition) is 3. The van der Waals surface area contributed by atoms with Gasteiger partial charge in [0, 0.05) is 16.6 Å². The minimum atomic E-state index is 0.210. The molecule has 0 spiro atoms. The predicted octanol–water partition coefficient (Wildman–Crippen LogP) is 5.92. The maximum absolute atomic E-state index is 6.44. The fourth-order valence-corrected chi connectivity index (χ4v) is 3.43. The first kappa shape index (κ1) is 16.3. The molecule has 0 saturated carbocycles. The van der Waals surface area contributed by atoms with Crippen molar-refractivity contribution < 1.29 is 0 Å². The third-order valence-corrected chi connectivity index (χ3v) is 4.95. The van der Waals surface area contributed by atoms with Gasteiger partial charge in [0.2, 0.25) is 0 Å². The van der Waals surface area contributed by atoms with Crippen molar-refractivity contribution in [1.29, 1.82) is 0 Å². The summed E-state index contributed by atoms with van der Waals surface area (Å²) < 4.78 is 2.11. The summed E-state index contributed by atoms with van der Waals surface area (Å²) in [7, 11) is 0. The summed E-state index contributed by atoms with van der Waals surface area (Å²) >= 11 is 12.5. The van der Waals surface area contributed by atoms with Crippen molar-refractivity contribution in [2.75, 3.05) is 0 Å². The van der Waals surface area contributed by atoms with E-state index in [2.05, 4.69) is 23.4 Å². The first-order valence-electron chi connectivity index (χ1n) is 8.18. The van der Waals surface area contributed by atoms with Crippen LogP contribution < -0.4 is 0 Å². The Kier molecular flexibility index (Phi) is 4.10. The van der Waals surface area contributed by atoms with Gasteiger partial charge in [0.25, 0.3) is 0 Å². The fourth-order valence-electron chi connectivity index (χ4n) is 2.93. The van der Waals surface area contributed by atoms with Crippen LogP contribution in [0, 0.1) is 0 Å². The monoisotopic (exact) mass is 370 g/mol. The van der Waals surface area contributed by atoms with Crippen molar-refractivity contribution in [2.24, 2.45) is 0 Å². The highest BCUT2D eigenvalue weighted by Gasteiger charge is 2.20. The molecule has 6 heteroatoms. The summed E-state index contributed by atoms with van der Waals surface area (Å²) in [6, 6.07) is 13.5. The summed E-state index contributed by atoms with van der Waals surface area (Å²) in [5.41, 5.74) is 3.91. The molecule has 0 radical (unpaired) electrons. The lowest BCUT2D eigenvalue weighted by Gasteiger charge is -2.16. The quantitative estimate of drug-likeness (QED) is 0.449. The molecule has 0 aliphatic carbocycles. The lowest BCUT2D eigenvalue weighted by atomic mass is 10.2. The maximum atomic E-state index is 6.44. The molecule has 0 aliphatic rings. The Hall–Kier alpha value is -2.17. The summed E-state index contributed by atoms with van der Waals surface area (Å²) in [6.45, 7) is 4.28. The molecule has 4 nitrogen and oxygen atoms in total. The predicted molar refractivity (Wildman–Crippen MR) is 103 cm³/mol. The number of aromatic nitrogens is 4. The van der Waals surface area contributed by atoms with Gasteiger partial charge in [-0.25, -0.2) is 15.0 Å². The van der Waals surface area contributed by atoms with Crippen LogP contribution in [0.4, 0.5) is 0 Å². The Morgan fingerprint density at radius 1 is 1.00 bits per heavy atom. The second-order valence-electron chi connectivity index (χ2n) is 6.05. The molecule has 0 fully saturated rings. The molecule has 1 atom stereocenters. The van der Waals surface area contributed by atoms with E-state index >= 15 is 0 Å². The van der Waals surface area contributed by atoms with Gasteiger partial charge in [0.15, 0.2) is 11.3 Å². The molecule has 0 saturated heterocycles. The minimum absolute atomic E-state index is 0.210. The van der Waals surface area contributed by atoms with Crippen LogP contribution in [0.1, 0.15) is 26.3 Å². The zero-order valence-corrected chi connectivity index (χ0v) is 15.4. The third kappa shape index (κ3) is 2.75. The van der Waals surface area contributed by atoms with Crippen molar-refractivity contribution in [3.63, 3.8) is 0 Å². The Morgan fingerprint density at radius 3 is 2.40 bits per heavy atom. The Labute approximate surface area is 155 Å². The van der Waals surface area contributed by atoms with E-state index in [1.807, 2.05) is 36.4 Å². The van der Waals surface area contributed by atoms with Gasteiger partial charge < -0.3 is 4.57 Å². The lowest BCUT2D eigenvalue weighted by Crippen LogP contribution is -2.07. The second kappa shape index (κ2) is 6.28. The molecule has 25 heavy (non-hydrogen) atoms. The van der Waals surface area contributed by atoms with E-state index < -0.39 is 0 Å². The average Bonchev–Trinajstić information content (AvgIpc) is 2.97. The number of rotatable bonds is 3. The van der Waals surface area contributed by atoms with Gasteiger partial charge in [-0.15, -0.1) is 0 Å². The molecule has 2 aromatic heterocycles. The maximum Gasteiger partial charge on any atom is 0.198 e. The van der Waals surface area contributed by atoms with E-state index in [0.717, 1.165) is 34.5 Å². The normalized spacial score (nSPS) is 12.8. The molecule has 4 rings (SSSR count). The number of hydrogen-bond donors (Lipinski definition) is 0. The van der Waals surface area contributed by atoms with Crippen LogP contribution in [0.15, 0.2) is 42.5 Å². The fraction of sp³-hybridized carbons (Fsp3) is 0.211. The van der Waals surface area contributed by atoms with Gasteiger partial charge in [0.1, 0.15) is 5.82 Å². The van der Waals surface area contributed by atoms with Gasteiger partial charge in [0.05, 0.1) is 16.1 Å². The Balaban J connectivity index is 2.07. The van der Waals surface area contributed by atoms with Crippen LogP contribution in [0.5, 0.6) is 0 Å². The molecule has 2 aromatic carbocycles. The van der Waals surface area contributed by atoms with E-state index in [-0.39, 0.29) is 6.04 Å². The topological polar surface area (TPSA) is 43.6 Å². The first-order chi connectivity index (χ1) is 12.1. The number of para-hydroxylation sites is 2. The molecule has 2 heterocycles. The van der Waals surface area contributed by atoms with Crippen LogP contribution in [0.2, 0.25) is 10.0 Å². The van der Waals surface area contributed by atoms with Crippen molar-refractivity contribution >= 4 is 45.5 Å². The molecule has 0 N–H and O–H groups in total. The standard InChI is InChI=1S/C19H16Cl2N4/c1-3-11(2)25-18(13-9-8-12(20)10-14(13)21)24-17-19(25)23-16-7-5-4-6-15(16)22-17/h4-11H,3H2,1-2H3. The van der Waals surface area contributed by atoms with Crippen LogP contribution >= 0.6 is 23.2 Å². The van der Waals surface area contributed by atoms with Crippen molar-refractivity contribution in [3.05, 3.63) is 52.5 Å². The number of nitrogens with zero attached hydrogens (tertiary/aromatic N) is 4. The lowest BCUT2D eigenvalue weighted by molar-refractivity contribution is 0.547. The molecule has 126 valence electrons. The highest BCUT2D eigenvalue weighted by Crippen LogP contribution is 2.34. The SMILES string of the molecule is CCC(C)n1c(-c2ccc(Cl)cc2Cl)nc2nc3ccccc3nc21. The summed E-state index contributed by atoms with van der Waals surface area (Å²) in [5.74, 6) is 0.765.